The highest BCUT2D eigenvalue weighted by Crippen LogP contribution is 2.44. The normalized spacial score (nSPS) is 10.9. The molecule has 0 aromatic carbocycles. The largest absolute Gasteiger partial charge is 0.354 e. The van der Waals surface area contributed by atoms with Crippen molar-refractivity contribution in [3.05, 3.63) is 138 Å². The maximum atomic E-state index is 12.5. The van der Waals surface area contributed by atoms with Crippen molar-refractivity contribution < 1.29 is 19.2 Å². The third-order valence-corrected chi connectivity index (χ3v) is 18.2. The second-order valence-corrected chi connectivity index (χ2v) is 24.8. The first-order valence-electron chi connectivity index (χ1n) is 27.6. The third kappa shape index (κ3) is 13.3. The van der Waals surface area contributed by atoms with Crippen LogP contribution in [0.1, 0.15) is 105 Å². The van der Waals surface area contributed by atoms with E-state index in [-0.39, 0.29) is 31.1 Å². The highest BCUT2D eigenvalue weighted by molar-refractivity contribution is 7.22. The van der Waals surface area contributed by atoms with E-state index in [4.69, 9.17) is 0 Å². The molecule has 452 valence electrons. The van der Waals surface area contributed by atoms with Crippen LogP contribution in [0, 0.1) is 55.4 Å². The monoisotopic (exact) mass is 1240 g/mol. The second kappa shape index (κ2) is 26.8. The summed E-state index contributed by atoms with van der Waals surface area (Å²) in [7, 11) is 10.8. The quantitative estimate of drug-likeness (QED) is 0.1000. The maximum absolute atomic E-state index is 12.5. The van der Waals surface area contributed by atoms with E-state index in [1.807, 2.05) is 107 Å². The van der Waals surface area contributed by atoms with Crippen LogP contribution in [0.3, 0.4) is 0 Å². The Morgan fingerprint density at radius 1 is 0.391 bits per heavy atom. The van der Waals surface area contributed by atoms with E-state index in [1.165, 1.54) is 45.3 Å². The van der Waals surface area contributed by atoms with Crippen molar-refractivity contribution in [2.75, 3.05) is 27.2 Å². The Morgan fingerprint density at radius 2 is 0.609 bits per heavy atom. The van der Waals surface area contributed by atoms with Gasteiger partial charge in [0.25, 0.3) is 23.6 Å². The number of amides is 4. The molecule has 0 fully saturated rings. The van der Waals surface area contributed by atoms with Gasteiger partial charge < -0.3 is 21.3 Å². The van der Waals surface area contributed by atoms with Gasteiger partial charge in [-0.25, -0.2) is 19.9 Å². The summed E-state index contributed by atoms with van der Waals surface area (Å²) in [6.45, 7) is 21.2. The zero-order chi connectivity index (χ0) is 62.0. The number of aromatic nitrogens is 12. The number of carbonyl (C=O) groups is 4. The minimum Gasteiger partial charge on any atom is -0.354 e. The standard InChI is InChI=1S/2C16H18N4OS.2C15H16N4OS.CH4/c2*1-5-17-15(21)14-13(11-7-18-20(4)8-11)12-9(2)6-10(3)19-16(12)22-14;2*1-8-5-9(2)18-15-11(8)12(10-6-17-19(4)7-10)13(21-15)14(20)16-3;/h2*6-8H,5H2,1-4H3,(H,17,21);2*5-7H,1-4H3,(H,16,20);1H4. The molecule has 0 aliphatic carbocycles. The Kier molecular flexibility index (Phi) is 19.8. The molecule has 20 nitrogen and oxygen atoms in total. The number of fused-ring (bicyclic) bond motifs is 4. The van der Waals surface area contributed by atoms with Crippen LogP contribution in [0.2, 0.25) is 0 Å². The summed E-state index contributed by atoms with van der Waals surface area (Å²) >= 11 is 5.75. The summed E-state index contributed by atoms with van der Waals surface area (Å²) in [5, 5.41) is 32.3. The van der Waals surface area contributed by atoms with Crippen LogP contribution < -0.4 is 21.3 Å². The molecule has 12 heterocycles. The lowest BCUT2D eigenvalue weighted by Crippen LogP contribution is -2.22. The van der Waals surface area contributed by atoms with Gasteiger partial charge in [0.1, 0.15) is 38.8 Å². The average molecular weight is 1250 g/mol. The van der Waals surface area contributed by atoms with E-state index in [2.05, 4.69) is 101 Å². The van der Waals surface area contributed by atoms with Crippen LogP contribution in [0.25, 0.3) is 85.4 Å². The van der Waals surface area contributed by atoms with Gasteiger partial charge in [0.05, 0.1) is 24.8 Å². The van der Waals surface area contributed by atoms with Crippen LogP contribution in [0.15, 0.2) is 73.8 Å². The third-order valence-electron chi connectivity index (χ3n) is 13.9. The number of hydrogen-bond acceptors (Lipinski definition) is 16. The fraction of sp³-hybridized carbons (Fsp3) is 0.302. The molecule has 0 saturated heterocycles. The highest BCUT2D eigenvalue weighted by atomic mass is 32.1. The molecule has 4 amide bonds. The Bertz CT molecular complexity index is 4280. The van der Waals surface area contributed by atoms with Crippen LogP contribution in [0.4, 0.5) is 0 Å². The van der Waals surface area contributed by atoms with Gasteiger partial charge in [-0.15, -0.1) is 45.3 Å². The predicted molar refractivity (Wildman–Crippen MR) is 355 cm³/mol. The van der Waals surface area contributed by atoms with Crippen molar-refractivity contribution in [3.8, 4) is 44.5 Å². The molecule has 24 heteroatoms. The summed E-state index contributed by atoms with van der Waals surface area (Å²) < 4.78 is 6.97. The molecule has 0 bridgehead atoms. The molecule has 0 unspecified atom stereocenters. The number of nitrogens with zero attached hydrogens (tertiary/aromatic N) is 12. The van der Waals surface area contributed by atoms with E-state index >= 15 is 0 Å². The van der Waals surface area contributed by atoms with E-state index in [0.29, 0.717) is 32.6 Å². The fourth-order valence-electron chi connectivity index (χ4n) is 10.4. The first-order valence-corrected chi connectivity index (χ1v) is 30.9. The predicted octanol–water partition coefficient (Wildman–Crippen LogP) is 12.1. The van der Waals surface area contributed by atoms with Gasteiger partial charge in [-0.05, 0) is 116 Å². The molecule has 0 radical (unpaired) electrons. The summed E-state index contributed by atoms with van der Waals surface area (Å²) in [5.41, 5.74) is 15.9. The minimum atomic E-state index is -0.0890. The number of nitrogens with one attached hydrogen (secondary N) is 4. The highest BCUT2D eigenvalue weighted by Gasteiger charge is 2.27. The van der Waals surface area contributed by atoms with Gasteiger partial charge >= 0.3 is 0 Å². The number of rotatable bonds is 10. The molecule has 0 saturated carbocycles. The van der Waals surface area contributed by atoms with E-state index in [1.54, 1.807) is 57.6 Å². The molecule has 12 aromatic heterocycles. The van der Waals surface area contributed by atoms with E-state index in [9.17, 15) is 19.2 Å². The van der Waals surface area contributed by atoms with Crippen molar-refractivity contribution in [1.29, 1.82) is 0 Å². The Morgan fingerprint density at radius 3 is 0.793 bits per heavy atom. The van der Waals surface area contributed by atoms with Crippen molar-refractivity contribution in [1.82, 2.24) is 80.3 Å². The number of aryl methyl sites for hydroxylation is 12. The number of carbonyl (C=O) groups excluding carboxylic acids is 4. The Balaban J connectivity index is 0.000000150. The zero-order valence-electron chi connectivity index (χ0n) is 51.0. The molecule has 0 spiro atoms. The number of thiophene rings is 4. The number of hydrogen-bond donors (Lipinski definition) is 4. The number of pyridine rings is 4. The van der Waals surface area contributed by atoms with E-state index in [0.717, 1.165) is 130 Å². The zero-order valence-corrected chi connectivity index (χ0v) is 54.2. The van der Waals surface area contributed by atoms with Gasteiger partial charge in [-0.2, -0.15) is 20.4 Å². The molecule has 0 aliphatic heterocycles. The minimum absolute atomic E-state index is 0. The molecule has 4 N–H and O–H groups in total. The van der Waals surface area contributed by atoms with Crippen molar-refractivity contribution in [2.24, 2.45) is 28.2 Å². The lowest BCUT2D eigenvalue weighted by atomic mass is 10.0. The van der Waals surface area contributed by atoms with Crippen LogP contribution in [0.5, 0.6) is 0 Å². The summed E-state index contributed by atoms with van der Waals surface area (Å²) in [6, 6.07) is 8.19. The first-order chi connectivity index (χ1) is 41.0. The SMILES string of the molecule is C.CCNC(=O)c1sc2nc(C)cc(C)c2c1-c1cnn(C)c1.CCNC(=O)c1sc2nc(C)cc(C)c2c1-c1cnn(C)c1.CNC(=O)c1sc2nc(C)cc(C)c2c1-c1cnn(C)c1.CNC(=O)c1sc2nc(C)cc(C)c2c1-c1cnn(C)c1. The molecular formula is C63H72N16O4S4. The van der Waals surface area contributed by atoms with Crippen LogP contribution >= 0.6 is 45.3 Å². The molecule has 0 atom stereocenters. The molecule has 87 heavy (non-hydrogen) atoms. The van der Waals surface area contributed by atoms with Gasteiger partial charge in [0.2, 0.25) is 0 Å². The average Bonchev–Trinajstić information content (AvgIpc) is 1.89. The van der Waals surface area contributed by atoms with E-state index < -0.39 is 0 Å². The molecular weight excluding hydrogens is 1170 g/mol. The van der Waals surface area contributed by atoms with Crippen LogP contribution in [-0.2, 0) is 28.2 Å². The van der Waals surface area contributed by atoms with Crippen LogP contribution in [-0.4, -0.2) is 110 Å². The maximum Gasteiger partial charge on any atom is 0.262 e. The first kappa shape index (κ1) is 64.2. The van der Waals surface area contributed by atoms with Crippen molar-refractivity contribution >= 4 is 110 Å². The molecule has 12 rings (SSSR count). The van der Waals surface area contributed by atoms with Gasteiger partial charge in [-0.1, -0.05) is 7.43 Å². The van der Waals surface area contributed by atoms with Crippen molar-refractivity contribution in [3.63, 3.8) is 0 Å². The van der Waals surface area contributed by atoms with Gasteiger partial charge in [-0.3, -0.25) is 37.9 Å². The summed E-state index contributed by atoms with van der Waals surface area (Å²) in [5.74, 6) is -0.286. The summed E-state index contributed by atoms with van der Waals surface area (Å²) in [4.78, 5) is 74.1. The lowest BCUT2D eigenvalue weighted by molar-refractivity contribution is 0.0952. The second-order valence-electron chi connectivity index (χ2n) is 20.8. The van der Waals surface area contributed by atoms with Gasteiger partial charge in [0.15, 0.2) is 0 Å². The molecule has 12 aromatic rings. The molecule has 0 aliphatic rings. The lowest BCUT2D eigenvalue weighted by Gasteiger charge is -2.04. The van der Waals surface area contributed by atoms with Gasteiger partial charge in [0, 0.05) is 169 Å². The Labute approximate surface area is 521 Å². The van der Waals surface area contributed by atoms with Crippen molar-refractivity contribution in [2.45, 2.75) is 76.7 Å². The fourth-order valence-corrected chi connectivity index (χ4v) is 15.4. The topological polar surface area (TPSA) is 239 Å². The summed E-state index contributed by atoms with van der Waals surface area (Å²) in [6.07, 6.45) is 14.9. The smallest absolute Gasteiger partial charge is 0.262 e. The Hall–Kier alpha value is -8.84.